The highest BCUT2D eigenvalue weighted by Crippen LogP contribution is 2.19. The Hall–Kier alpha value is -0.620. The van der Waals surface area contributed by atoms with Crippen LogP contribution < -0.4 is 11.1 Å². The van der Waals surface area contributed by atoms with Gasteiger partial charge in [-0.15, -0.1) is 24.0 Å². The van der Waals surface area contributed by atoms with Crippen molar-refractivity contribution < 1.29 is 13.2 Å². The molecule has 2 aliphatic heterocycles. The summed E-state index contributed by atoms with van der Waals surface area (Å²) in [6.45, 7) is 7.16. The average Bonchev–Trinajstić information content (AvgIpc) is 2.55. The van der Waals surface area contributed by atoms with Crippen LogP contribution >= 0.6 is 24.0 Å². The number of halogens is 1. The van der Waals surface area contributed by atoms with Gasteiger partial charge in [0.2, 0.25) is 5.91 Å². The standard InChI is InChI=1S/C16H31N5O3S.HI/c1-2-18-16(21-6-3-4-14(13-21)12-15(17)22)19-5-7-20-8-10-25(23,24)11-9-20;/h14H,2-13H2,1H3,(H2,17,22)(H,18,19);1H. The van der Waals surface area contributed by atoms with E-state index in [0.717, 1.165) is 45.0 Å². The number of rotatable bonds is 6. The van der Waals surface area contributed by atoms with Crippen LogP contribution in [0.3, 0.4) is 0 Å². The number of piperidine rings is 1. The number of aliphatic imine (C=N–C) groups is 1. The lowest BCUT2D eigenvalue weighted by Gasteiger charge is -2.35. The van der Waals surface area contributed by atoms with Gasteiger partial charge in [-0.1, -0.05) is 0 Å². The van der Waals surface area contributed by atoms with Crippen LogP contribution in [0.5, 0.6) is 0 Å². The molecule has 0 bridgehead atoms. The van der Waals surface area contributed by atoms with Gasteiger partial charge in [-0.25, -0.2) is 8.42 Å². The van der Waals surface area contributed by atoms with E-state index < -0.39 is 9.84 Å². The topological polar surface area (TPSA) is 108 Å². The van der Waals surface area contributed by atoms with Crippen molar-refractivity contribution >= 4 is 45.7 Å². The average molecular weight is 501 g/mol. The van der Waals surface area contributed by atoms with Crippen LogP contribution in [0, 0.1) is 5.92 Å². The normalized spacial score (nSPS) is 24.0. The molecule has 1 amide bonds. The first-order valence-corrected chi connectivity index (χ1v) is 11.0. The second kappa shape index (κ2) is 11.3. The Morgan fingerprint density at radius 2 is 1.96 bits per heavy atom. The van der Waals surface area contributed by atoms with Gasteiger partial charge >= 0.3 is 0 Å². The Balaban J connectivity index is 0.00000338. The number of sulfone groups is 1. The molecule has 8 nitrogen and oxygen atoms in total. The van der Waals surface area contributed by atoms with Crippen LogP contribution in [-0.2, 0) is 14.6 Å². The molecule has 0 aromatic carbocycles. The number of nitrogens with two attached hydrogens (primary N) is 1. The number of primary amides is 1. The molecule has 0 aromatic heterocycles. The lowest BCUT2D eigenvalue weighted by Crippen LogP contribution is -2.47. The molecular weight excluding hydrogens is 469 g/mol. The second-order valence-electron chi connectivity index (χ2n) is 6.85. The van der Waals surface area contributed by atoms with Crippen LogP contribution in [0.1, 0.15) is 26.2 Å². The third-order valence-corrected chi connectivity index (χ3v) is 6.37. The Labute approximate surface area is 173 Å². The highest BCUT2D eigenvalue weighted by atomic mass is 127. The van der Waals surface area contributed by atoms with Gasteiger partial charge in [0.1, 0.15) is 0 Å². The molecule has 1 atom stereocenters. The largest absolute Gasteiger partial charge is 0.370 e. The van der Waals surface area contributed by atoms with E-state index in [1.54, 1.807) is 0 Å². The molecule has 10 heteroatoms. The predicted molar refractivity (Wildman–Crippen MR) is 115 cm³/mol. The first-order chi connectivity index (χ1) is 11.9. The molecule has 2 rings (SSSR count). The summed E-state index contributed by atoms with van der Waals surface area (Å²) in [6, 6.07) is 0. The monoisotopic (exact) mass is 501 g/mol. The number of guanidine groups is 1. The summed E-state index contributed by atoms with van der Waals surface area (Å²) >= 11 is 0. The predicted octanol–water partition coefficient (Wildman–Crippen LogP) is -0.112. The van der Waals surface area contributed by atoms with Crippen molar-refractivity contribution in [1.82, 2.24) is 15.1 Å². The summed E-state index contributed by atoms with van der Waals surface area (Å²) in [5.41, 5.74) is 5.33. The van der Waals surface area contributed by atoms with Crippen molar-refractivity contribution in [2.75, 3.05) is 57.3 Å². The number of amides is 1. The first kappa shape index (κ1) is 23.4. The van der Waals surface area contributed by atoms with Crippen LogP contribution in [0.15, 0.2) is 4.99 Å². The number of nitrogens with zero attached hydrogens (tertiary/aromatic N) is 3. The van der Waals surface area contributed by atoms with Gasteiger partial charge in [0.15, 0.2) is 15.8 Å². The zero-order valence-corrected chi connectivity index (χ0v) is 18.7. The molecule has 3 N–H and O–H groups in total. The number of nitrogens with one attached hydrogen (secondary N) is 1. The molecule has 152 valence electrons. The smallest absolute Gasteiger partial charge is 0.217 e. The van der Waals surface area contributed by atoms with E-state index in [9.17, 15) is 13.2 Å². The third kappa shape index (κ3) is 7.95. The van der Waals surface area contributed by atoms with Crippen LogP contribution in [-0.4, -0.2) is 87.4 Å². The Morgan fingerprint density at radius 1 is 1.27 bits per heavy atom. The molecule has 2 fully saturated rings. The number of likely N-dealkylation sites (tertiary alicyclic amines) is 1. The molecule has 0 saturated carbocycles. The molecule has 0 aromatic rings. The molecule has 0 radical (unpaired) electrons. The van der Waals surface area contributed by atoms with Gasteiger partial charge in [-0.2, -0.15) is 0 Å². The molecular formula is C16H32IN5O3S. The van der Waals surface area contributed by atoms with E-state index in [4.69, 9.17) is 10.7 Å². The summed E-state index contributed by atoms with van der Waals surface area (Å²) in [5, 5.41) is 3.32. The van der Waals surface area contributed by atoms with E-state index in [-0.39, 0.29) is 41.4 Å². The van der Waals surface area contributed by atoms with Gasteiger partial charge in [0, 0.05) is 45.7 Å². The fraction of sp³-hybridized carbons (Fsp3) is 0.875. The Morgan fingerprint density at radius 3 is 2.58 bits per heavy atom. The number of hydrogen-bond donors (Lipinski definition) is 2. The van der Waals surface area contributed by atoms with Crippen molar-refractivity contribution in [2.24, 2.45) is 16.6 Å². The maximum Gasteiger partial charge on any atom is 0.217 e. The minimum Gasteiger partial charge on any atom is -0.370 e. The summed E-state index contributed by atoms with van der Waals surface area (Å²) < 4.78 is 22.9. The van der Waals surface area contributed by atoms with Crippen LogP contribution in [0.25, 0.3) is 0 Å². The lowest BCUT2D eigenvalue weighted by molar-refractivity contribution is -0.119. The lowest BCUT2D eigenvalue weighted by atomic mass is 9.95. The second-order valence-corrected chi connectivity index (χ2v) is 9.16. The highest BCUT2D eigenvalue weighted by Gasteiger charge is 2.24. The molecule has 0 spiro atoms. The number of carbonyl (C=O) groups is 1. The zero-order valence-electron chi connectivity index (χ0n) is 15.5. The van der Waals surface area contributed by atoms with Gasteiger partial charge in [-0.05, 0) is 25.7 Å². The van der Waals surface area contributed by atoms with Gasteiger partial charge in [0.05, 0.1) is 18.1 Å². The minimum atomic E-state index is -2.83. The number of carbonyl (C=O) groups excluding carboxylic acids is 1. The van der Waals surface area contributed by atoms with E-state index in [0.29, 0.717) is 32.0 Å². The molecule has 26 heavy (non-hydrogen) atoms. The Kier molecular flexibility index (Phi) is 10.2. The quantitative estimate of drug-likeness (QED) is 0.299. The highest BCUT2D eigenvalue weighted by molar-refractivity contribution is 14.0. The van der Waals surface area contributed by atoms with E-state index in [2.05, 4.69) is 15.1 Å². The van der Waals surface area contributed by atoms with Crippen molar-refractivity contribution in [3.63, 3.8) is 0 Å². The summed E-state index contributed by atoms with van der Waals surface area (Å²) in [5.74, 6) is 1.42. The summed E-state index contributed by atoms with van der Waals surface area (Å²) in [6.07, 6.45) is 2.49. The molecule has 1 unspecified atom stereocenters. The van der Waals surface area contributed by atoms with E-state index in [1.165, 1.54) is 0 Å². The van der Waals surface area contributed by atoms with Gasteiger partial charge in [0.25, 0.3) is 0 Å². The fourth-order valence-corrected chi connectivity index (χ4v) is 4.68. The summed E-state index contributed by atoms with van der Waals surface area (Å²) in [7, 11) is -2.83. The zero-order chi connectivity index (χ0) is 18.3. The summed E-state index contributed by atoms with van der Waals surface area (Å²) in [4.78, 5) is 20.2. The molecule has 2 heterocycles. The SMILES string of the molecule is CCNC(=NCCN1CCS(=O)(=O)CC1)N1CCCC(CC(N)=O)C1.I. The fourth-order valence-electron chi connectivity index (χ4n) is 3.41. The maximum absolute atomic E-state index is 11.5. The Bertz CT molecular complexity index is 570. The van der Waals surface area contributed by atoms with Crippen molar-refractivity contribution in [3.05, 3.63) is 0 Å². The minimum absolute atomic E-state index is 0. The number of hydrogen-bond acceptors (Lipinski definition) is 5. The van der Waals surface area contributed by atoms with Crippen molar-refractivity contribution in [2.45, 2.75) is 26.2 Å². The van der Waals surface area contributed by atoms with Crippen LogP contribution in [0.4, 0.5) is 0 Å². The van der Waals surface area contributed by atoms with E-state index in [1.807, 2.05) is 6.92 Å². The van der Waals surface area contributed by atoms with Gasteiger partial charge < -0.3 is 16.0 Å². The van der Waals surface area contributed by atoms with Gasteiger partial charge in [-0.3, -0.25) is 14.7 Å². The molecule has 0 aliphatic carbocycles. The van der Waals surface area contributed by atoms with Crippen molar-refractivity contribution in [3.8, 4) is 0 Å². The maximum atomic E-state index is 11.5. The third-order valence-electron chi connectivity index (χ3n) is 4.76. The first-order valence-electron chi connectivity index (χ1n) is 9.14. The van der Waals surface area contributed by atoms with Crippen LogP contribution in [0.2, 0.25) is 0 Å². The van der Waals surface area contributed by atoms with Crippen molar-refractivity contribution in [1.29, 1.82) is 0 Å². The molecule has 2 saturated heterocycles. The molecule has 2 aliphatic rings. The van der Waals surface area contributed by atoms with E-state index >= 15 is 0 Å².